The molecule has 25 heavy (non-hydrogen) atoms. The maximum Gasteiger partial charge on any atom is 0.340 e. The molecule has 1 saturated heterocycles. The van der Waals surface area contributed by atoms with E-state index in [4.69, 9.17) is 16.3 Å². The number of ether oxygens (including phenoxy) is 1. The number of rotatable bonds is 6. The van der Waals surface area contributed by atoms with Crippen LogP contribution < -0.4 is 0 Å². The van der Waals surface area contributed by atoms with E-state index in [0.717, 1.165) is 0 Å². The zero-order chi connectivity index (χ0) is 18.6. The third kappa shape index (κ3) is 5.67. The number of nitrogens with zero attached hydrogens (tertiary/aromatic N) is 2. The fourth-order valence-electron chi connectivity index (χ4n) is 2.66. The van der Waals surface area contributed by atoms with E-state index in [1.807, 2.05) is 13.8 Å². The maximum atomic E-state index is 12.5. The van der Waals surface area contributed by atoms with Crippen LogP contribution in [0.15, 0.2) is 18.3 Å². The molecule has 0 aliphatic carbocycles. The summed E-state index contributed by atoms with van der Waals surface area (Å²) >= 11 is 5.66. The fraction of sp³-hybridized carbons (Fsp3) is 0.562. The second kappa shape index (κ2) is 8.14. The number of carbonyl (C=O) groups is 2. The van der Waals surface area contributed by atoms with Gasteiger partial charge in [0.2, 0.25) is 0 Å². The lowest BCUT2D eigenvalue weighted by molar-refractivity contribution is -0.137. The molecule has 2 rings (SSSR count). The van der Waals surface area contributed by atoms with Crippen LogP contribution in [-0.2, 0) is 19.4 Å². The summed E-state index contributed by atoms with van der Waals surface area (Å²) in [5.41, 5.74) is 0.191. The van der Waals surface area contributed by atoms with Crippen LogP contribution in [0.25, 0.3) is 0 Å². The molecule has 138 valence electrons. The first kappa shape index (κ1) is 19.7. The van der Waals surface area contributed by atoms with Crippen LogP contribution in [0, 0.1) is 5.92 Å². The molecule has 1 aromatic heterocycles. The van der Waals surface area contributed by atoms with E-state index in [2.05, 4.69) is 4.98 Å². The molecule has 2 heterocycles. The van der Waals surface area contributed by atoms with Gasteiger partial charge < -0.3 is 9.64 Å². The highest BCUT2D eigenvalue weighted by atomic mass is 35.5. The number of hydrogen-bond acceptors (Lipinski definition) is 6. The van der Waals surface area contributed by atoms with Crippen LogP contribution in [0.1, 0.15) is 30.6 Å². The predicted molar refractivity (Wildman–Crippen MR) is 93.1 cm³/mol. The van der Waals surface area contributed by atoms with Crippen molar-refractivity contribution in [2.24, 2.45) is 5.92 Å². The number of halogens is 1. The van der Waals surface area contributed by atoms with Gasteiger partial charge in [0, 0.05) is 18.8 Å². The topological polar surface area (TPSA) is 93.6 Å². The van der Waals surface area contributed by atoms with Gasteiger partial charge in [0.15, 0.2) is 16.4 Å². The van der Waals surface area contributed by atoms with E-state index in [1.165, 1.54) is 23.2 Å². The monoisotopic (exact) mass is 388 g/mol. The fourth-order valence-corrected chi connectivity index (χ4v) is 4.50. The summed E-state index contributed by atoms with van der Waals surface area (Å²) in [5.74, 6) is -0.869. The summed E-state index contributed by atoms with van der Waals surface area (Å²) in [7, 11) is -3.11. The third-order valence-electron chi connectivity index (χ3n) is 3.82. The molecule has 1 aromatic rings. The van der Waals surface area contributed by atoms with Gasteiger partial charge in [-0.15, -0.1) is 0 Å². The minimum Gasteiger partial charge on any atom is -0.452 e. The van der Waals surface area contributed by atoms with Crippen LogP contribution in [0.2, 0.25) is 5.15 Å². The first-order valence-electron chi connectivity index (χ1n) is 7.96. The lowest BCUT2D eigenvalue weighted by Gasteiger charge is -2.29. The molecule has 1 atom stereocenters. The highest BCUT2D eigenvalue weighted by Gasteiger charge is 2.35. The van der Waals surface area contributed by atoms with Gasteiger partial charge in [-0.25, -0.2) is 18.2 Å². The summed E-state index contributed by atoms with van der Waals surface area (Å²) in [4.78, 5) is 29.7. The molecule has 1 fully saturated rings. The highest BCUT2D eigenvalue weighted by molar-refractivity contribution is 7.91. The van der Waals surface area contributed by atoms with E-state index in [1.54, 1.807) is 0 Å². The van der Waals surface area contributed by atoms with Crippen molar-refractivity contribution in [2.75, 3.05) is 24.7 Å². The summed E-state index contributed by atoms with van der Waals surface area (Å²) in [6.45, 7) is 3.86. The lowest BCUT2D eigenvalue weighted by atomic mass is 10.1. The molecule has 9 heteroatoms. The molecule has 0 N–H and O–H groups in total. The van der Waals surface area contributed by atoms with Gasteiger partial charge in [-0.05, 0) is 24.5 Å². The van der Waals surface area contributed by atoms with Crippen LogP contribution in [-0.4, -0.2) is 60.9 Å². The highest BCUT2D eigenvalue weighted by Crippen LogP contribution is 2.19. The molecule has 1 amide bonds. The Hall–Kier alpha value is -1.67. The molecule has 0 unspecified atom stereocenters. The number of sulfone groups is 1. The standard InChI is InChI=1S/C16H21ClN2O5S/c1-11(2)8-19(13-5-6-25(22,23)10-13)15(20)9-24-16(21)12-3-4-14(17)18-7-12/h3-4,7,11,13H,5-6,8-10H2,1-2H3/t13-/m1/s1. The summed E-state index contributed by atoms with van der Waals surface area (Å²) in [6.07, 6.45) is 1.68. The van der Waals surface area contributed by atoms with Crippen molar-refractivity contribution in [3.8, 4) is 0 Å². The number of esters is 1. The van der Waals surface area contributed by atoms with Crippen LogP contribution in [0.3, 0.4) is 0 Å². The zero-order valence-corrected chi connectivity index (χ0v) is 15.7. The minimum atomic E-state index is -3.11. The predicted octanol–water partition coefficient (Wildman–Crippen LogP) is 1.56. The Kier molecular flexibility index (Phi) is 6.40. The van der Waals surface area contributed by atoms with Crippen molar-refractivity contribution >= 4 is 33.3 Å². The average Bonchev–Trinajstić information content (AvgIpc) is 2.90. The number of pyridine rings is 1. The molecule has 1 aliphatic heterocycles. The Balaban J connectivity index is 1.99. The van der Waals surface area contributed by atoms with E-state index in [9.17, 15) is 18.0 Å². The molecule has 0 aromatic carbocycles. The van der Waals surface area contributed by atoms with Crippen molar-refractivity contribution in [3.63, 3.8) is 0 Å². The minimum absolute atomic E-state index is 0.0412. The zero-order valence-electron chi connectivity index (χ0n) is 14.1. The van der Waals surface area contributed by atoms with Crippen molar-refractivity contribution in [1.82, 2.24) is 9.88 Å². The van der Waals surface area contributed by atoms with E-state index in [0.29, 0.717) is 13.0 Å². The molecule has 0 bridgehead atoms. The van der Waals surface area contributed by atoms with E-state index < -0.39 is 28.3 Å². The van der Waals surface area contributed by atoms with Gasteiger partial charge in [-0.1, -0.05) is 25.4 Å². The second-order valence-electron chi connectivity index (χ2n) is 6.44. The van der Waals surface area contributed by atoms with Gasteiger partial charge in [0.05, 0.1) is 17.1 Å². The lowest BCUT2D eigenvalue weighted by Crippen LogP contribution is -2.45. The number of amides is 1. The number of hydrogen-bond donors (Lipinski definition) is 0. The number of carbonyl (C=O) groups excluding carboxylic acids is 2. The third-order valence-corrected chi connectivity index (χ3v) is 5.80. The Bertz CT molecular complexity index is 733. The van der Waals surface area contributed by atoms with Gasteiger partial charge >= 0.3 is 5.97 Å². The molecule has 7 nitrogen and oxygen atoms in total. The smallest absolute Gasteiger partial charge is 0.340 e. The molecule has 0 spiro atoms. The second-order valence-corrected chi connectivity index (χ2v) is 9.06. The van der Waals surface area contributed by atoms with E-state index in [-0.39, 0.29) is 34.2 Å². The molecule has 0 saturated carbocycles. The first-order valence-corrected chi connectivity index (χ1v) is 10.2. The molecular weight excluding hydrogens is 368 g/mol. The van der Waals surface area contributed by atoms with Crippen LogP contribution in [0.5, 0.6) is 0 Å². The number of aromatic nitrogens is 1. The normalized spacial score (nSPS) is 19.0. The van der Waals surface area contributed by atoms with Crippen LogP contribution >= 0.6 is 11.6 Å². The Morgan fingerprint density at radius 2 is 2.12 bits per heavy atom. The summed E-state index contributed by atoms with van der Waals surface area (Å²) in [5, 5.41) is 0.248. The first-order chi connectivity index (χ1) is 11.7. The van der Waals surface area contributed by atoms with Crippen molar-refractivity contribution in [2.45, 2.75) is 26.3 Å². The van der Waals surface area contributed by atoms with Crippen molar-refractivity contribution in [3.05, 3.63) is 29.0 Å². The SMILES string of the molecule is CC(C)CN(C(=O)COC(=O)c1ccc(Cl)nc1)[C@@H]1CCS(=O)(=O)C1. The van der Waals surface area contributed by atoms with E-state index >= 15 is 0 Å². The quantitative estimate of drug-likeness (QED) is 0.542. The largest absolute Gasteiger partial charge is 0.452 e. The van der Waals surface area contributed by atoms with Gasteiger partial charge in [0.1, 0.15) is 5.15 Å². The molecule has 0 radical (unpaired) electrons. The van der Waals surface area contributed by atoms with Crippen molar-refractivity contribution < 1.29 is 22.7 Å². The summed E-state index contributed by atoms with van der Waals surface area (Å²) in [6, 6.07) is 2.54. The molecular formula is C16H21ClN2O5S. The Morgan fingerprint density at radius 3 is 2.64 bits per heavy atom. The van der Waals surface area contributed by atoms with Crippen LogP contribution in [0.4, 0.5) is 0 Å². The maximum absolute atomic E-state index is 12.5. The van der Waals surface area contributed by atoms with Gasteiger partial charge in [-0.3, -0.25) is 4.79 Å². The molecule has 1 aliphatic rings. The van der Waals surface area contributed by atoms with Gasteiger partial charge in [-0.2, -0.15) is 0 Å². The van der Waals surface area contributed by atoms with Crippen molar-refractivity contribution in [1.29, 1.82) is 0 Å². The Labute approximate surface area is 152 Å². The van der Waals surface area contributed by atoms with Gasteiger partial charge in [0.25, 0.3) is 5.91 Å². The average molecular weight is 389 g/mol. The summed E-state index contributed by atoms with van der Waals surface area (Å²) < 4.78 is 28.4. The Morgan fingerprint density at radius 1 is 1.40 bits per heavy atom.